The second-order valence-corrected chi connectivity index (χ2v) is 6.35. The maximum absolute atomic E-state index is 12.4. The Kier molecular flexibility index (Phi) is 4.54. The Morgan fingerprint density at radius 3 is 2.60 bits per heavy atom. The highest BCUT2D eigenvalue weighted by atomic mass is 32.1. The summed E-state index contributed by atoms with van der Waals surface area (Å²) >= 11 is 1.55. The third-order valence-corrected chi connectivity index (χ3v) is 4.40. The molecule has 2 rings (SSSR count). The van der Waals surface area contributed by atoms with Crippen molar-refractivity contribution in [3.05, 3.63) is 28.2 Å². The highest BCUT2D eigenvalue weighted by Crippen LogP contribution is 2.28. The molecule has 2 unspecified atom stereocenters. The molecule has 2 atom stereocenters. The number of carboxylic acid groups (broad SMARTS) is 1. The van der Waals surface area contributed by atoms with Gasteiger partial charge in [-0.1, -0.05) is 12.2 Å². The van der Waals surface area contributed by atoms with Crippen LogP contribution >= 0.6 is 11.3 Å². The summed E-state index contributed by atoms with van der Waals surface area (Å²) in [6, 6.07) is 0. The van der Waals surface area contributed by atoms with Gasteiger partial charge in [-0.15, -0.1) is 11.3 Å². The van der Waals surface area contributed by atoms with E-state index in [1.54, 1.807) is 29.5 Å². The fraction of sp³-hybridized carbons (Fsp3) is 0.500. The monoisotopic (exact) mass is 294 g/mol. The Bertz CT molecular complexity index is 538. The topological polar surface area (TPSA) is 70.5 Å². The zero-order valence-corrected chi connectivity index (χ0v) is 12.4. The van der Waals surface area contributed by atoms with Crippen LogP contribution in [0.1, 0.15) is 22.7 Å². The Morgan fingerprint density at radius 2 is 2.05 bits per heavy atom. The van der Waals surface area contributed by atoms with E-state index in [4.69, 9.17) is 0 Å². The first-order valence-corrected chi connectivity index (χ1v) is 7.34. The Hall–Kier alpha value is -1.69. The van der Waals surface area contributed by atoms with Crippen molar-refractivity contribution in [3.8, 4) is 0 Å². The molecule has 0 spiro atoms. The molecule has 5 nitrogen and oxygen atoms in total. The molecule has 1 amide bonds. The van der Waals surface area contributed by atoms with Crippen LogP contribution in [0.25, 0.3) is 0 Å². The van der Waals surface area contributed by atoms with Gasteiger partial charge in [0.15, 0.2) is 0 Å². The molecule has 108 valence electrons. The molecule has 6 heteroatoms. The predicted octanol–water partition coefficient (Wildman–Crippen LogP) is 2.08. The standard InChI is InChI=1S/C14H18N2O3S/c1-9-15-7-10(20-9)8-16(2)13(17)11-5-3-4-6-12(11)14(18)19/h3-4,7,11-12H,5-6,8H2,1-2H3,(H,18,19). The third-order valence-electron chi connectivity index (χ3n) is 3.51. The van der Waals surface area contributed by atoms with Crippen molar-refractivity contribution in [2.45, 2.75) is 26.3 Å². The lowest BCUT2D eigenvalue weighted by molar-refractivity contribution is -0.150. The van der Waals surface area contributed by atoms with Gasteiger partial charge in [0, 0.05) is 18.1 Å². The van der Waals surface area contributed by atoms with Crippen molar-refractivity contribution in [3.63, 3.8) is 0 Å². The van der Waals surface area contributed by atoms with Crippen LogP contribution in [0, 0.1) is 18.8 Å². The number of hydrogen-bond acceptors (Lipinski definition) is 4. The van der Waals surface area contributed by atoms with Crippen LogP contribution in [0.4, 0.5) is 0 Å². The minimum atomic E-state index is -0.894. The number of aliphatic carboxylic acids is 1. The van der Waals surface area contributed by atoms with E-state index in [2.05, 4.69) is 4.98 Å². The van der Waals surface area contributed by atoms with Crippen molar-refractivity contribution >= 4 is 23.2 Å². The highest BCUT2D eigenvalue weighted by Gasteiger charge is 2.35. The SMILES string of the molecule is Cc1ncc(CN(C)C(=O)C2CC=CCC2C(=O)O)s1. The molecule has 1 heterocycles. The molecule has 1 aliphatic carbocycles. The van der Waals surface area contributed by atoms with Gasteiger partial charge in [0.05, 0.1) is 23.4 Å². The van der Waals surface area contributed by atoms with Crippen LogP contribution in [0.3, 0.4) is 0 Å². The number of aromatic nitrogens is 1. The molecule has 0 radical (unpaired) electrons. The second kappa shape index (κ2) is 6.17. The number of nitrogens with zero attached hydrogens (tertiary/aromatic N) is 2. The van der Waals surface area contributed by atoms with Crippen LogP contribution in [0.15, 0.2) is 18.3 Å². The largest absolute Gasteiger partial charge is 0.481 e. The second-order valence-electron chi connectivity index (χ2n) is 5.03. The van der Waals surface area contributed by atoms with Gasteiger partial charge in [-0.05, 0) is 19.8 Å². The first kappa shape index (κ1) is 14.7. The van der Waals surface area contributed by atoms with Gasteiger partial charge in [0.2, 0.25) is 5.91 Å². The maximum atomic E-state index is 12.4. The number of carbonyl (C=O) groups excluding carboxylic acids is 1. The zero-order valence-electron chi connectivity index (χ0n) is 11.6. The lowest BCUT2D eigenvalue weighted by Gasteiger charge is -2.28. The highest BCUT2D eigenvalue weighted by molar-refractivity contribution is 7.11. The van der Waals surface area contributed by atoms with E-state index >= 15 is 0 Å². The summed E-state index contributed by atoms with van der Waals surface area (Å²) in [6.45, 7) is 2.40. The van der Waals surface area contributed by atoms with Crippen LogP contribution in [-0.4, -0.2) is 33.9 Å². The number of carbonyl (C=O) groups is 2. The van der Waals surface area contributed by atoms with Crippen molar-refractivity contribution < 1.29 is 14.7 Å². The van der Waals surface area contributed by atoms with Crippen LogP contribution in [0.5, 0.6) is 0 Å². The summed E-state index contributed by atoms with van der Waals surface area (Å²) in [5, 5.41) is 10.2. The fourth-order valence-corrected chi connectivity index (χ4v) is 3.28. The fourth-order valence-electron chi connectivity index (χ4n) is 2.43. The van der Waals surface area contributed by atoms with E-state index in [-0.39, 0.29) is 5.91 Å². The average Bonchev–Trinajstić information content (AvgIpc) is 2.83. The average molecular weight is 294 g/mol. The number of aryl methyl sites for hydroxylation is 1. The van der Waals surface area contributed by atoms with E-state index in [1.165, 1.54) is 0 Å². The van der Waals surface area contributed by atoms with E-state index in [1.807, 2.05) is 19.1 Å². The van der Waals surface area contributed by atoms with Gasteiger partial charge in [0.1, 0.15) is 0 Å². The molecule has 1 aliphatic rings. The zero-order chi connectivity index (χ0) is 14.7. The molecule has 0 saturated carbocycles. The maximum Gasteiger partial charge on any atom is 0.307 e. The molecule has 1 N–H and O–H groups in total. The summed E-state index contributed by atoms with van der Waals surface area (Å²) in [5.74, 6) is -2.07. The van der Waals surface area contributed by atoms with Crippen LogP contribution in [-0.2, 0) is 16.1 Å². The predicted molar refractivity (Wildman–Crippen MR) is 76.3 cm³/mol. The number of allylic oxidation sites excluding steroid dienone is 2. The minimum Gasteiger partial charge on any atom is -0.481 e. The minimum absolute atomic E-state index is 0.104. The number of hydrogen-bond donors (Lipinski definition) is 1. The van der Waals surface area contributed by atoms with Gasteiger partial charge in [-0.2, -0.15) is 0 Å². The molecule has 0 fully saturated rings. The lowest BCUT2D eigenvalue weighted by Crippen LogP contribution is -2.39. The van der Waals surface area contributed by atoms with Gasteiger partial charge in [-0.25, -0.2) is 4.98 Å². The Labute approximate surface area is 121 Å². The van der Waals surface area contributed by atoms with Crippen LogP contribution < -0.4 is 0 Å². The van der Waals surface area contributed by atoms with E-state index < -0.39 is 17.8 Å². The first-order valence-electron chi connectivity index (χ1n) is 6.53. The quantitative estimate of drug-likeness (QED) is 0.863. The first-order chi connectivity index (χ1) is 9.49. The summed E-state index contributed by atoms with van der Waals surface area (Å²) in [5.41, 5.74) is 0. The number of carboxylic acids is 1. The van der Waals surface area contributed by atoms with E-state index in [0.717, 1.165) is 9.88 Å². The summed E-state index contributed by atoms with van der Waals surface area (Å²) < 4.78 is 0. The summed E-state index contributed by atoms with van der Waals surface area (Å²) in [6.07, 6.45) is 6.43. The molecule has 0 bridgehead atoms. The third kappa shape index (κ3) is 3.25. The van der Waals surface area contributed by atoms with Gasteiger partial charge < -0.3 is 10.0 Å². The molecule has 0 saturated heterocycles. The van der Waals surface area contributed by atoms with E-state index in [9.17, 15) is 14.7 Å². The van der Waals surface area contributed by atoms with Gasteiger partial charge in [0.25, 0.3) is 0 Å². The van der Waals surface area contributed by atoms with Crippen molar-refractivity contribution in [2.24, 2.45) is 11.8 Å². The number of thiazole rings is 1. The van der Waals surface area contributed by atoms with Crippen LogP contribution in [0.2, 0.25) is 0 Å². The number of amides is 1. The Balaban J connectivity index is 2.05. The van der Waals surface area contributed by atoms with Gasteiger partial charge in [-0.3, -0.25) is 9.59 Å². The Morgan fingerprint density at radius 1 is 1.40 bits per heavy atom. The molecular formula is C14H18N2O3S. The summed E-state index contributed by atoms with van der Waals surface area (Å²) in [4.78, 5) is 30.5. The van der Waals surface area contributed by atoms with Crippen molar-refractivity contribution in [2.75, 3.05) is 7.05 Å². The normalized spacial score (nSPS) is 21.7. The molecule has 20 heavy (non-hydrogen) atoms. The molecule has 1 aromatic heterocycles. The molecular weight excluding hydrogens is 276 g/mol. The van der Waals surface area contributed by atoms with Crippen molar-refractivity contribution in [1.82, 2.24) is 9.88 Å². The summed E-state index contributed by atoms with van der Waals surface area (Å²) in [7, 11) is 1.72. The number of rotatable bonds is 4. The molecule has 0 aromatic carbocycles. The van der Waals surface area contributed by atoms with Crippen molar-refractivity contribution in [1.29, 1.82) is 0 Å². The van der Waals surface area contributed by atoms with E-state index in [0.29, 0.717) is 19.4 Å². The molecule has 0 aliphatic heterocycles. The van der Waals surface area contributed by atoms with Gasteiger partial charge >= 0.3 is 5.97 Å². The smallest absolute Gasteiger partial charge is 0.307 e. The lowest BCUT2D eigenvalue weighted by atomic mass is 9.82. The molecule has 1 aromatic rings.